The second kappa shape index (κ2) is 8.51. The molecule has 1 saturated heterocycles. The largest absolute Gasteiger partial charge is 0.364 e. The summed E-state index contributed by atoms with van der Waals surface area (Å²) >= 11 is 12.8. The number of hydrogen-bond acceptors (Lipinski definition) is 5. The van der Waals surface area contributed by atoms with Crippen molar-refractivity contribution in [3.8, 4) is 6.07 Å². The first-order valence-electron chi connectivity index (χ1n) is 10.1. The predicted octanol–water partition coefficient (Wildman–Crippen LogP) is 4.21. The molecule has 0 saturated carbocycles. The monoisotopic (exact) mass is 455 g/mol. The molecule has 8 heteroatoms. The molecule has 0 bridgehead atoms. The first kappa shape index (κ1) is 21.6. The molecule has 4 rings (SSSR count). The lowest BCUT2D eigenvalue weighted by Crippen LogP contribution is -2.56. The summed E-state index contributed by atoms with van der Waals surface area (Å²) in [5.41, 5.74) is 3.32. The van der Waals surface area contributed by atoms with E-state index in [9.17, 15) is 10.1 Å². The fourth-order valence-corrected chi connectivity index (χ4v) is 4.75. The number of aryl methyl sites for hydroxylation is 1. The number of fused-ring (bicyclic) bond motifs is 1. The number of nitriles is 1. The molecule has 6 nitrogen and oxygen atoms in total. The molecule has 0 amide bonds. The van der Waals surface area contributed by atoms with E-state index in [0.29, 0.717) is 39.9 Å². The molecular weight excluding hydrogens is 433 g/mol. The van der Waals surface area contributed by atoms with Crippen molar-refractivity contribution < 1.29 is 0 Å². The van der Waals surface area contributed by atoms with Gasteiger partial charge in [-0.1, -0.05) is 29.3 Å². The lowest BCUT2D eigenvalue weighted by molar-refractivity contribution is 0.158. The van der Waals surface area contributed by atoms with Crippen LogP contribution in [0, 0.1) is 11.3 Å². The molecule has 2 aromatic heterocycles. The van der Waals surface area contributed by atoms with Gasteiger partial charge < -0.3 is 9.47 Å². The van der Waals surface area contributed by atoms with Crippen LogP contribution in [0.15, 0.2) is 41.2 Å². The molecule has 1 aromatic carbocycles. The van der Waals surface area contributed by atoms with Gasteiger partial charge in [-0.2, -0.15) is 5.26 Å². The maximum absolute atomic E-state index is 12.6. The molecule has 0 aliphatic carbocycles. The van der Waals surface area contributed by atoms with Crippen molar-refractivity contribution in [2.24, 2.45) is 7.05 Å². The summed E-state index contributed by atoms with van der Waals surface area (Å²) < 4.78 is 1.57. The first-order chi connectivity index (χ1) is 14.8. The summed E-state index contributed by atoms with van der Waals surface area (Å²) in [6.07, 6.45) is 0. The van der Waals surface area contributed by atoms with Gasteiger partial charge in [0.2, 0.25) is 0 Å². The molecule has 1 fully saturated rings. The normalized spacial score (nSPS) is 19.5. The number of rotatable bonds is 3. The second-order valence-electron chi connectivity index (χ2n) is 8.08. The van der Waals surface area contributed by atoms with E-state index < -0.39 is 0 Å². The Morgan fingerprint density at radius 1 is 1.13 bits per heavy atom. The highest BCUT2D eigenvalue weighted by Crippen LogP contribution is 2.31. The molecular formula is C23H23Cl2N5O. The highest BCUT2D eigenvalue weighted by Gasteiger charge is 2.31. The van der Waals surface area contributed by atoms with Gasteiger partial charge in [0.25, 0.3) is 5.56 Å². The number of nitrogens with zero attached hydrogens (tertiary/aromatic N) is 5. The van der Waals surface area contributed by atoms with Gasteiger partial charge in [-0.25, -0.2) is 4.98 Å². The van der Waals surface area contributed by atoms with Crippen LogP contribution in [0.25, 0.3) is 11.0 Å². The van der Waals surface area contributed by atoms with Crippen molar-refractivity contribution in [3.05, 3.63) is 68.1 Å². The number of halogens is 2. The van der Waals surface area contributed by atoms with E-state index in [2.05, 4.69) is 34.7 Å². The Kier molecular flexibility index (Phi) is 5.94. The van der Waals surface area contributed by atoms with E-state index in [1.807, 2.05) is 18.2 Å². The quantitative estimate of drug-likeness (QED) is 0.591. The van der Waals surface area contributed by atoms with Gasteiger partial charge in [0.15, 0.2) is 0 Å². The zero-order valence-electron chi connectivity index (χ0n) is 17.6. The minimum absolute atomic E-state index is 0.0980. The van der Waals surface area contributed by atoms with Crippen LogP contribution in [0.1, 0.15) is 25.1 Å². The number of pyridine rings is 2. The van der Waals surface area contributed by atoms with E-state index in [1.54, 1.807) is 29.8 Å². The minimum atomic E-state index is -0.0980. The van der Waals surface area contributed by atoms with Crippen molar-refractivity contribution in [1.29, 1.82) is 5.26 Å². The minimum Gasteiger partial charge on any atom is -0.364 e. The Hall–Kier alpha value is -2.59. The summed E-state index contributed by atoms with van der Waals surface area (Å²) in [6, 6.07) is 13.0. The third-order valence-electron chi connectivity index (χ3n) is 6.03. The Morgan fingerprint density at radius 2 is 1.84 bits per heavy atom. The lowest BCUT2D eigenvalue weighted by Gasteiger charge is -2.45. The molecule has 31 heavy (non-hydrogen) atoms. The summed E-state index contributed by atoms with van der Waals surface area (Å²) in [5, 5.41) is 10.6. The van der Waals surface area contributed by atoms with Crippen LogP contribution in [0.3, 0.4) is 0 Å². The van der Waals surface area contributed by atoms with Crippen LogP contribution in [0.5, 0.6) is 0 Å². The average molecular weight is 456 g/mol. The smallest absolute Gasteiger partial charge is 0.252 e. The fraction of sp³-hybridized carbons (Fsp3) is 0.348. The predicted molar refractivity (Wildman–Crippen MR) is 125 cm³/mol. The standard InChI is InChI=1S/C23H23Cl2N5O/c1-14-12-30(15(2)11-29(14)13-17-18(24)5-4-6-19(17)25)21-9-22(31)28(3)20-8-7-16(10-26)27-23(20)21/h4-9,14-15H,11-13H2,1-3H3/t14?,15-/m0/s1. The van der Waals surface area contributed by atoms with Gasteiger partial charge in [0.1, 0.15) is 17.3 Å². The van der Waals surface area contributed by atoms with E-state index in [-0.39, 0.29) is 17.6 Å². The third-order valence-corrected chi connectivity index (χ3v) is 6.74. The zero-order valence-corrected chi connectivity index (χ0v) is 19.2. The summed E-state index contributed by atoms with van der Waals surface area (Å²) in [7, 11) is 1.72. The van der Waals surface area contributed by atoms with Crippen LogP contribution >= 0.6 is 23.2 Å². The number of aromatic nitrogens is 2. The Balaban J connectivity index is 1.69. The summed E-state index contributed by atoms with van der Waals surface area (Å²) in [5.74, 6) is 0. The topological polar surface area (TPSA) is 65.2 Å². The maximum atomic E-state index is 12.6. The first-order valence-corrected chi connectivity index (χ1v) is 10.9. The van der Waals surface area contributed by atoms with Crippen molar-refractivity contribution in [2.75, 3.05) is 18.0 Å². The highest BCUT2D eigenvalue weighted by atomic mass is 35.5. The van der Waals surface area contributed by atoms with Crippen molar-refractivity contribution >= 4 is 39.9 Å². The van der Waals surface area contributed by atoms with E-state index in [0.717, 1.165) is 17.8 Å². The van der Waals surface area contributed by atoms with Crippen LogP contribution in [-0.2, 0) is 13.6 Å². The van der Waals surface area contributed by atoms with Gasteiger partial charge in [-0.3, -0.25) is 9.69 Å². The highest BCUT2D eigenvalue weighted by molar-refractivity contribution is 6.35. The lowest BCUT2D eigenvalue weighted by atomic mass is 10.0. The van der Waals surface area contributed by atoms with Crippen LogP contribution in [0.4, 0.5) is 5.69 Å². The number of benzene rings is 1. The summed E-state index contributed by atoms with van der Waals surface area (Å²) in [6.45, 7) is 6.43. The Bertz CT molecular complexity index is 1230. The molecule has 1 aliphatic heterocycles. The zero-order chi connectivity index (χ0) is 22.3. The number of piperazine rings is 1. The van der Waals surface area contributed by atoms with E-state index in [4.69, 9.17) is 23.2 Å². The van der Waals surface area contributed by atoms with Gasteiger partial charge in [0, 0.05) is 60.4 Å². The van der Waals surface area contributed by atoms with E-state index >= 15 is 0 Å². The van der Waals surface area contributed by atoms with Crippen molar-refractivity contribution in [3.63, 3.8) is 0 Å². The van der Waals surface area contributed by atoms with Crippen LogP contribution < -0.4 is 10.5 Å². The van der Waals surface area contributed by atoms with Crippen LogP contribution in [0.2, 0.25) is 10.0 Å². The number of anilines is 1. The van der Waals surface area contributed by atoms with Crippen molar-refractivity contribution in [2.45, 2.75) is 32.5 Å². The van der Waals surface area contributed by atoms with Gasteiger partial charge in [0.05, 0.1) is 11.2 Å². The molecule has 160 valence electrons. The van der Waals surface area contributed by atoms with Gasteiger partial charge in [-0.05, 0) is 38.1 Å². The summed E-state index contributed by atoms with van der Waals surface area (Å²) in [4.78, 5) is 21.7. The molecule has 3 heterocycles. The van der Waals surface area contributed by atoms with Gasteiger partial charge in [-0.15, -0.1) is 0 Å². The molecule has 0 N–H and O–H groups in total. The molecule has 1 unspecified atom stereocenters. The van der Waals surface area contributed by atoms with Crippen LogP contribution in [-0.4, -0.2) is 39.6 Å². The third kappa shape index (κ3) is 4.01. The average Bonchev–Trinajstić information content (AvgIpc) is 2.75. The maximum Gasteiger partial charge on any atom is 0.252 e. The molecule has 0 radical (unpaired) electrons. The molecule has 2 atom stereocenters. The van der Waals surface area contributed by atoms with Crippen molar-refractivity contribution in [1.82, 2.24) is 14.5 Å². The molecule has 3 aromatic rings. The van der Waals surface area contributed by atoms with Gasteiger partial charge >= 0.3 is 0 Å². The number of hydrogen-bond donors (Lipinski definition) is 0. The molecule has 0 spiro atoms. The fourth-order valence-electron chi connectivity index (χ4n) is 4.23. The van der Waals surface area contributed by atoms with E-state index in [1.165, 1.54) is 0 Å². The SMILES string of the molecule is CC1CN(c2cc(=O)n(C)c3ccc(C#N)nc23)[C@@H](C)CN1Cc1c(Cl)cccc1Cl. The second-order valence-corrected chi connectivity index (χ2v) is 8.90. The Labute approximate surface area is 191 Å². The molecule has 1 aliphatic rings. The Morgan fingerprint density at radius 3 is 2.52 bits per heavy atom.